The van der Waals surface area contributed by atoms with Gasteiger partial charge in [0.15, 0.2) is 0 Å². The number of nitrogens with zero attached hydrogens (tertiary/aromatic N) is 1. The number of rotatable bonds is 1. The Morgan fingerprint density at radius 1 is 1.71 bits per heavy atom. The maximum absolute atomic E-state index is 5.16. The number of nitrogens with two attached hydrogens (primary N) is 1. The first-order valence-electron chi connectivity index (χ1n) is 1.96. The SMILES string of the molecule is CN=C(N)NNC. The maximum atomic E-state index is 5.16. The fraction of sp³-hybridized carbons (Fsp3) is 0.667. The van der Waals surface area contributed by atoms with E-state index in [2.05, 4.69) is 15.8 Å². The van der Waals surface area contributed by atoms with E-state index >= 15 is 0 Å². The quantitative estimate of drug-likeness (QED) is 0.218. The topological polar surface area (TPSA) is 62.4 Å². The molecule has 4 N–H and O–H groups in total. The third-order valence-electron chi connectivity index (χ3n) is 0.494. The van der Waals surface area contributed by atoms with E-state index in [1.54, 1.807) is 14.1 Å². The summed E-state index contributed by atoms with van der Waals surface area (Å²) in [4.78, 5) is 3.60. The summed E-state index contributed by atoms with van der Waals surface area (Å²) in [5.74, 6) is 0.391. The monoisotopic (exact) mass is 102 g/mol. The zero-order valence-corrected chi connectivity index (χ0v) is 4.52. The van der Waals surface area contributed by atoms with E-state index in [4.69, 9.17) is 5.73 Å². The predicted octanol–water partition coefficient (Wildman–Crippen LogP) is -1.35. The molecular formula is C3H10N4. The minimum Gasteiger partial charge on any atom is -0.369 e. The fourth-order valence-electron chi connectivity index (χ4n) is 0.184. The highest BCUT2D eigenvalue weighted by Crippen LogP contribution is 1.48. The molecule has 0 bridgehead atoms. The third kappa shape index (κ3) is 3.05. The van der Waals surface area contributed by atoms with Gasteiger partial charge in [-0.2, -0.15) is 0 Å². The lowest BCUT2D eigenvalue weighted by atomic mass is 11.0. The van der Waals surface area contributed by atoms with E-state index in [1.807, 2.05) is 0 Å². The molecule has 0 aliphatic rings. The van der Waals surface area contributed by atoms with Gasteiger partial charge < -0.3 is 5.73 Å². The first-order chi connectivity index (χ1) is 3.31. The van der Waals surface area contributed by atoms with Crippen LogP contribution in [0, 0.1) is 0 Å². The van der Waals surface area contributed by atoms with Crippen LogP contribution in [0.25, 0.3) is 0 Å². The third-order valence-corrected chi connectivity index (χ3v) is 0.494. The molecule has 4 nitrogen and oxygen atoms in total. The number of hydrogen-bond donors (Lipinski definition) is 3. The van der Waals surface area contributed by atoms with Crippen LogP contribution in [0.5, 0.6) is 0 Å². The Balaban J connectivity index is 3.17. The van der Waals surface area contributed by atoms with Gasteiger partial charge in [0.25, 0.3) is 0 Å². The molecule has 0 rings (SSSR count). The van der Waals surface area contributed by atoms with Crippen LogP contribution in [0.1, 0.15) is 0 Å². The molecule has 0 radical (unpaired) electrons. The summed E-state index contributed by atoms with van der Waals surface area (Å²) in [5.41, 5.74) is 10.3. The molecule has 0 saturated carbocycles. The summed E-state index contributed by atoms with van der Waals surface area (Å²) in [6, 6.07) is 0. The Labute approximate surface area is 42.8 Å². The van der Waals surface area contributed by atoms with Gasteiger partial charge in [0, 0.05) is 14.1 Å². The largest absolute Gasteiger partial charge is 0.369 e. The Morgan fingerprint density at radius 2 is 2.29 bits per heavy atom. The molecule has 0 saturated heterocycles. The van der Waals surface area contributed by atoms with Crippen LogP contribution in [0.2, 0.25) is 0 Å². The molecule has 0 atom stereocenters. The van der Waals surface area contributed by atoms with E-state index in [9.17, 15) is 0 Å². The van der Waals surface area contributed by atoms with Crippen molar-refractivity contribution in [2.75, 3.05) is 14.1 Å². The predicted molar refractivity (Wildman–Crippen MR) is 29.7 cm³/mol. The zero-order valence-electron chi connectivity index (χ0n) is 4.52. The lowest BCUT2D eigenvalue weighted by Crippen LogP contribution is -2.39. The summed E-state index contributed by atoms with van der Waals surface area (Å²) in [6.07, 6.45) is 0. The van der Waals surface area contributed by atoms with Crippen molar-refractivity contribution in [3.8, 4) is 0 Å². The molecule has 42 valence electrons. The van der Waals surface area contributed by atoms with E-state index in [-0.39, 0.29) is 0 Å². The average molecular weight is 102 g/mol. The van der Waals surface area contributed by atoms with E-state index in [1.165, 1.54) is 0 Å². The standard InChI is InChI=1S/C3H10N4/c1-5-3(4)7-6-2/h6H,1-2H3,(H3,4,5,7). The molecule has 0 aromatic rings. The second-order valence-corrected chi connectivity index (χ2v) is 0.984. The highest BCUT2D eigenvalue weighted by atomic mass is 15.4. The van der Waals surface area contributed by atoms with Gasteiger partial charge in [0.2, 0.25) is 5.96 Å². The maximum Gasteiger partial charge on any atom is 0.202 e. The van der Waals surface area contributed by atoms with Gasteiger partial charge in [0.05, 0.1) is 0 Å². The molecule has 4 heteroatoms. The minimum atomic E-state index is 0.391. The molecule has 0 unspecified atom stereocenters. The van der Waals surface area contributed by atoms with Crippen LogP contribution in [-0.4, -0.2) is 20.1 Å². The average Bonchev–Trinajstić information content (AvgIpc) is 1.68. The van der Waals surface area contributed by atoms with Gasteiger partial charge in [-0.05, 0) is 0 Å². The molecule has 0 amide bonds. The van der Waals surface area contributed by atoms with Gasteiger partial charge >= 0.3 is 0 Å². The fourth-order valence-corrected chi connectivity index (χ4v) is 0.184. The molecule has 0 fully saturated rings. The molecule has 0 aliphatic heterocycles. The Bertz CT molecular complexity index is 67.3. The van der Waals surface area contributed by atoms with Crippen LogP contribution in [0.15, 0.2) is 4.99 Å². The lowest BCUT2D eigenvalue weighted by molar-refractivity contribution is 0.760. The van der Waals surface area contributed by atoms with Crippen LogP contribution in [0.4, 0.5) is 0 Å². The number of hydrogen-bond acceptors (Lipinski definition) is 2. The van der Waals surface area contributed by atoms with Gasteiger partial charge in [-0.1, -0.05) is 0 Å². The van der Waals surface area contributed by atoms with Crippen molar-refractivity contribution >= 4 is 5.96 Å². The Kier molecular flexibility index (Phi) is 3.04. The van der Waals surface area contributed by atoms with Crippen molar-refractivity contribution in [2.24, 2.45) is 10.7 Å². The first-order valence-corrected chi connectivity index (χ1v) is 1.96. The first kappa shape index (κ1) is 6.23. The summed E-state index contributed by atoms with van der Waals surface area (Å²) in [5, 5.41) is 0. The van der Waals surface area contributed by atoms with Gasteiger partial charge in [-0.15, -0.1) is 0 Å². The molecule has 0 aromatic heterocycles. The van der Waals surface area contributed by atoms with Crippen molar-refractivity contribution < 1.29 is 0 Å². The molecular weight excluding hydrogens is 92.1 g/mol. The van der Waals surface area contributed by atoms with Crippen LogP contribution >= 0.6 is 0 Å². The van der Waals surface area contributed by atoms with Gasteiger partial charge in [0.1, 0.15) is 0 Å². The second kappa shape index (κ2) is 3.42. The number of aliphatic imine (C=N–C) groups is 1. The molecule has 0 aliphatic carbocycles. The highest BCUT2D eigenvalue weighted by molar-refractivity contribution is 5.76. The second-order valence-electron chi connectivity index (χ2n) is 0.984. The van der Waals surface area contributed by atoms with Crippen LogP contribution in [-0.2, 0) is 0 Å². The van der Waals surface area contributed by atoms with Crippen LogP contribution in [0.3, 0.4) is 0 Å². The lowest BCUT2D eigenvalue weighted by Gasteiger charge is -1.97. The number of guanidine groups is 1. The summed E-state index contributed by atoms with van der Waals surface area (Å²) >= 11 is 0. The van der Waals surface area contributed by atoms with Crippen molar-refractivity contribution in [1.82, 2.24) is 10.9 Å². The minimum absolute atomic E-state index is 0.391. The van der Waals surface area contributed by atoms with E-state index in [0.717, 1.165) is 0 Å². The highest BCUT2D eigenvalue weighted by Gasteiger charge is 1.76. The van der Waals surface area contributed by atoms with Gasteiger partial charge in [-0.25, -0.2) is 5.43 Å². The van der Waals surface area contributed by atoms with E-state index in [0.29, 0.717) is 5.96 Å². The van der Waals surface area contributed by atoms with Crippen molar-refractivity contribution in [3.05, 3.63) is 0 Å². The molecule has 0 aromatic carbocycles. The zero-order chi connectivity index (χ0) is 5.70. The summed E-state index contributed by atoms with van der Waals surface area (Å²) < 4.78 is 0. The van der Waals surface area contributed by atoms with Crippen molar-refractivity contribution in [3.63, 3.8) is 0 Å². The van der Waals surface area contributed by atoms with Crippen molar-refractivity contribution in [1.29, 1.82) is 0 Å². The van der Waals surface area contributed by atoms with Crippen molar-refractivity contribution in [2.45, 2.75) is 0 Å². The number of hydrazine groups is 1. The smallest absolute Gasteiger partial charge is 0.202 e. The summed E-state index contributed by atoms with van der Waals surface area (Å²) in [6.45, 7) is 0. The normalized spacial score (nSPS) is 11.4. The van der Waals surface area contributed by atoms with E-state index < -0.39 is 0 Å². The molecule has 0 spiro atoms. The molecule has 7 heavy (non-hydrogen) atoms. The van der Waals surface area contributed by atoms with Crippen LogP contribution < -0.4 is 16.6 Å². The molecule has 0 heterocycles. The summed E-state index contributed by atoms with van der Waals surface area (Å²) in [7, 11) is 3.33. The Morgan fingerprint density at radius 3 is 2.43 bits per heavy atom. The van der Waals surface area contributed by atoms with Gasteiger partial charge in [-0.3, -0.25) is 10.4 Å². The Hall–Kier alpha value is -0.770. The number of nitrogens with one attached hydrogen (secondary N) is 2.